The van der Waals surface area contributed by atoms with Crippen molar-refractivity contribution < 1.29 is 4.74 Å². The van der Waals surface area contributed by atoms with E-state index in [0.717, 1.165) is 31.1 Å². The van der Waals surface area contributed by atoms with Crippen molar-refractivity contribution in [1.29, 1.82) is 0 Å². The van der Waals surface area contributed by atoms with E-state index in [1.807, 2.05) is 13.0 Å². The van der Waals surface area contributed by atoms with E-state index >= 15 is 0 Å². The van der Waals surface area contributed by atoms with Gasteiger partial charge in [-0.1, -0.05) is 29.8 Å². The molecule has 0 radical (unpaired) electrons. The molecule has 4 nitrogen and oxygen atoms in total. The molecule has 1 saturated heterocycles. The third kappa shape index (κ3) is 3.63. The van der Waals surface area contributed by atoms with Gasteiger partial charge in [0.05, 0.1) is 6.10 Å². The first-order chi connectivity index (χ1) is 10.7. The van der Waals surface area contributed by atoms with Gasteiger partial charge in [0.15, 0.2) is 0 Å². The summed E-state index contributed by atoms with van der Waals surface area (Å²) in [5.74, 6) is 1.35. The largest absolute Gasteiger partial charge is 0.373 e. The summed E-state index contributed by atoms with van der Waals surface area (Å²) in [4.78, 5) is 8.40. The molecule has 116 valence electrons. The number of anilines is 1. The molecule has 0 bridgehead atoms. The molecule has 22 heavy (non-hydrogen) atoms. The zero-order chi connectivity index (χ0) is 15.4. The molecule has 0 spiro atoms. The van der Waals surface area contributed by atoms with Crippen molar-refractivity contribution in [1.82, 2.24) is 9.97 Å². The third-order valence-electron chi connectivity index (χ3n) is 4.20. The average Bonchev–Trinajstić information content (AvgIpc) is 2.54. The lowest BCUT2D eigenvalue weighted by molar-refractivity contribution is -0.0238. The van der Waals surface area contributed by atoms with Crippen LogP contribution in [0.4, 0.5) is 5.82 Å². The van der Waals surface area contributed by atoms with Crippen LogP contribution in [0.5, 0.6) is 0 Å². The minimum Gasteiger partial charge on any atom is -0.373 e. The number of hydrogen-bond acceptors (Lipinski definition) is 4. The summed E-state index contributed by atoms with van der Waals surface area (Å²) in [6.45, 7) is 5.81. The number of ether oxygens (including phenoxy) is 1. The summed E-state index contributed by atoms with van der Waals surface area (Å²) in [5.41, 5.74) is 3.54. The van der Waals surface area contributed by atoms with Crippen LogP contribution in [0, 0.1) is 19.8 Å². The average molecular weight is 297 g/mol. The molecule has 1 aliphatic heterocycles. The minimum absolute atomic E-state index is 0.171. The van der Waals surface area contributed by atoms with E-state index in [0.29, 0.717) is 5.92 Å². The van der Waals surface area contributed by atoms with E-state index in [4.69, 9.17) is 4.74 Å². The molecule has 0 amide bonds. The fraction of sp³-hybridized carbons (Fsp3) is 0.444. The van der Waals surface area contributed by atoms with Gasteiger partial charge < -0.3 is 10.1 Å². The predicted octanol–water partition coefficient (Wildman–Crippen LogP) is 3.67. The number of aryl methyl sites for hydroxylation is 2. The lowest BCUT2D eigenvalue weighted by Gasteiger charge is -2.32. The van der Waals surface area contributed by atoms with E-state index in [1.54, 1.807) is 6.33 Å². The monoisotopic (exact) mass is 297 g/mol. The lowest BCUT2D eigenvalue weighted by atomic mass is 9.89. The Morgan fingerprint density at radius 1 is 1.18 bits per heavy atom. The van der Waals surface area contributed by atoms with Crippen molar-refractivity contribution in [3.05, 3.63) is 53.5 Å². The van der Waals surface area contributed by atoms with E-state index < -0.39 is 0 Å². The smallest absolute Gasteiger partial charge is 0.129 e. The molecular formula is C18H23N3O. The summed E-state index contributed by atoms with van der Waals surface area (Å²) in [6, 6.07) is 10.7. The maximum absolute atomic E-state index is 6.06. The second-order valence-corrected chi connectivity index (χ2v) is 6.03. The van der Waals surface area contributed by atoms with Crippen LogP contribution in [0.25, 0.3) is 0 Å². The van der Waals surface area contributed by atoms with Gasteiger partial charge in [-0.15, -0.1) is 0 Å². The molecule has 3 rings (SSSR count). The normalized spacial score (nSPS) is 21.5. The van der Waals surface area contributed by atoms with Crippen LogP contribution < -0.4 is 5.32 Å². The number of rotatable bonds is 4. The van der Waals surface area contributed by atoms with Crippen molar-refractivity contribution in [2.24, 2.45) is 5.92 Å². The molecule has 1 N–H and O–H groups in total. The van der Waals surface area contributed by atoms with Gasteiger partial charge in [-0.2, -0.15) is 0 Å². The van der Waals surface area contributed by atoms with Crippen LogP contribution in [0.1, 0.15) is 35.8 Å². The van der Waals surface area contributed by atoms with Gasteiger partial charge in [0.1, 0.15) is 12.1 Å². The molecule has 1 aromatic heterocycles. The molecule has 1 fully saturated rings. The Labute approximate surface area is 132 Å². The SMILES string of the molecule is Cc1ccc(C2OCCCC2CNc2cc(C)ncn2)cc1. The number of aromatic nitrogens is 2. The molecule has 2 atom stereocenters. The maximum Gasteiger partial charge on any atom is 0.129 e. The molecule has 2 aromatic rings. The van der Waals surface area contributed by atoms with Crippen LogP contribution in [-0.2, 0) is 4.74 Å². The Hall–Kier alpha value is -1.94. The summed E-state index contributed by atoms with van der Waals surface area (Å²) < 4.78 is 6.06. The first-order valence-corrected chi connectivity index (χ1v) is 7.93. The van der Waals surface area contributed by atoms with Crippen LogP contribution >= 0.6 is 0 Å². The van der Waals surface area contributed by atoms with E-state index in [1.165, 1.54) is 17.5 Å². The number of benzene rings is 1. The van der Waals surface area contributed by atoms with Gasteiger partial charge in [-0.25, -0.2) is 9.97 Å². The molecule has 1 aromatic carbocycles. The molecule has 2 heterocycles. The van der Waals surface area contributed by atoms with Crippen LogP contribution in [0.15, 0.2) is 36.7 Å². The Morgan fingerprint density at radius 3 is 2.77 bits per heavy atom. The van der Waals surface area contributed by atoms with Crippen molar-refractivity contribution in [3.8, 4) is 0 Å². The van der Waals surface area contributed by atoms with Gasteiger partial charge in [0, 0.05) is 30.8 Å². The standard InChI is InChI=1S/C18H23N3O/c1-13-5-7-15(8-6-13)18-16(4-3-9-22-18)11-19-17-10-14(2)20-12-21-17/h5-8,10,12,16,18H,3-4,9,11H2,1-2H3,(H,19,20,21). The number of nitrogens with zero attached hydrogens (tertiary/aromatic N) is 2. The van der Waals surface area contributed by atoms with Crippen molar-refractivity contribution in [2.75, 3.05) is 18.5 Å². The van der Waals surface area contributed by atoms with E-state index in [-0.39, 0.29) is 6.10 Å². The van der Waals surface area contributed by atoms with Gasteiger partial charge in [0.25, 0.3) is 0 Å². The van der Waals surface area contributed by atoms with Crippen LogP contribution in [-0.4, -0.2) is 23.1 Å². The van der Waals surface area contributed by atoms with Gasteiger partial charge in [0.2, 0.25) is 0 Å². The first kappa shape index (κ1) is 15.0. The van der Waals surface area contributed by atoms with Gasteiger partial charge >= 0.3 is 0 Å². The predicted molar refractivity (Wildman–Crippen MR) is 87.9 cm³/mol. The highest BCUT2D eigenvalue weighted by molar-refractivity contribution is 5.34. The van der Waals surface area contributed by atoms with Gasteiger partial charge in [-0.3, -0.25) is 0 Å². The van der Waals surface area contributed by atoms with Crippen molar-refractivity contribution in [2.45, 2.75) is 32.8 Å². The highest BCUT2D eigenvalue weighted by Crippen LogP contribution is 2.33. The summed E-state index contributed by atoms with van der Waals surface area (Å²) in [6.07, 6.45) is 4.07. The van der Waals surface area contributed by atoms with Crippen molar-refractivity contribution >= 4 is 5.82 Å². The first-order valence-electron chi connectivity index (χ1n) is 7.93. The highest BCUT2D eigenvalue weighted by atomic mass is 16.5. The Morgan fingerprint density at radius 2 is 2.00 bits per heavy atom. The van der Waals surface area contributed by atoms with Crippen LogP contribution in [0.2, 0.25) is 0 Å². The second-order valence-electron chi connectivity index (χ2n) is 6.03. The Bertz CT molecular complexity index is 612. The molecule has 0 aliphatic carbocycles. The molecule has 4 heteroatoms. The Kier molecular flexibility index (Phi) is 4.68. The molecular weight excluding hydrogens is 274 g/mol. The van der Waals surface area contributed by atoms with E-state index in [9.17, 15) is 0 Å². The summed E-state index contributed by atoms with van der Waals surface area (Å²) >= 11 is 0. The summed E-state index contributed by atoms with van der Waals surface area (Å²) in [7, 11) is 0. The third-order valence-corrected chi connectivity index (χ3v) is 4.20. The zero-order valence-corrected chi connectivity index (χ0v) is 13.2. The van der Waals surface area contributed by atoms with Crippen molar-refractivity contribution in [3.63, 3.8) is 0 Å². The molecule has 2 unspecified atom stereocenters. The quantitative estimate of drug-likeness (QED) is 0.935. The number of nitrogens with one attached hydrogen (secondary N) is 1. The fourth-order valence-electron chi connectivity index (χ4n) is 2.96. The zero-order valence-electron chi connectivity index (χ0n) is 13.2. The highest BCUT2D eigenvalue weighted by Gasteiger charge is 2.27. The molecule has 0 saturated carbocycles. The maximum atomic E-state index is 6.06. The van der Waals surface area contributed by atoms with Gasteiger partial charge in [-0.05, 0) is 32.3 Å². The Balaban J connectivity index is 1.68. The van der Waals surface area contributed by atoms with Crippen LogP contribution in [0.3, 0.4) is 0 Å². The summed E-state index contributed by atoms with van der Waals surface area (Å²) in [5, 5.41) is 3.44. The fourth-order valence-corrected chi connectivity index (χ4v) is 2.96. The number of hydrogen-bond donors (Lipinski definition) is 1. The lowest BCUT2D eigenvalue weighted by Crippen LogP contribution is -2.28. The second kappa shape index (κ2) is 6.88. The van der Waals surface area contributed by atoms with E-state index in [2.05, 4.69) is 46.5 Å². The topological polar surface area (TPSA) is 47.0 Å². The minimum atomic E-state index is 0.171. The molecule has 1 aliphatic rings.